The van der Waals surface area contributed by atoms with E-state index in [0.29, 0.717) is 41.5 Å². The number of nitrogens with one attached hydrogen (secondary N) is 1. The van der Waals surface area contributed by atoms with Gasteiger partial charge >= 0.3 is 0 Å². The summed E-state index contributed by atoms with van der Waals surface area (Å²) in [4.78, 5) is 26.6. The second-order valence-corrected chi connectivity index (χ2v) is 6.65. The van der Waals surface area contributed by atoms with Gasteiger partial charge in [0.15, 0.2) is 0 Å². The van der Waals surface area contributed by atoms with Crippen molar-refractivity contribution in [3.63, 3.8) is 0 Å². The highest BCUT2D eigenvalue weighted by molar-refractivity contribution is 6.30. The third-order valence-electron chi connectivity index (χ3n) is 4.25. The summed E-state index contributed by atoms with van der Waals surface area (Å²) in [6.45, 7) is 2.55. The molecule has 1 fully saturated rings. The quantitative estimate of drug-likeness (QED) is 0.719. The molecule has 4 rings (SSSR count). The van der Waals surface area contributed by atoms with E-state index in [1.165, 1.54) is 0 Å². The highest BCUT2D eigenvalue weighted by atomic mass is 35.5. The first-order chi connectivity index (χ1) is 13.1. The van der Waals surface area contributed by atoms with E-state index in [1.807, 2.05) is 19.1 Å². The Hall–Kier alpha value is -3.00. The predicted molar refractivity (Wildman–Crippen MR) is 100 cm³/mol. The van der Waals surface area contributed by atoms with Crippen molar-refractivity contribution in [1.82, 2.24) is 20.1 Å². The molecule has 1 saturated heterocycles. The largest absolute Gasteiger partial charge is 0.343 e. The molecule has 9 heteroatoms. The maximum atomic E-state index is 11.9. The summed E-state index contributed by atoms with van der Waals surface area (Å²) in [5, 5.41) is 7.78. The highest BCUT2D eigenvalue weighted by Crippen LogP contribution is 2.23. The molecular weight excluding hydrogens is 368 g/mol. The molecule has 3 heterocycles. The Kier molecular flexibility index (Phi) is 4.72. The van der Waals surface area contributed by atoms with Gasteiger partial charge in [-0.15, -0.1) is 0 Å². The molecular formula is C18H17ClN6O2. The van der Waals surface area contributed by atoms with Crippen molar-refractivity contribution < 1.29 is 9.32 Å². The van der Waals surface area contributed by atoms with Gasteiger partial charge in [-0.25, -0.2) is 4.98 Å². The van der Waals surface area contributed by atoms with E-state index in [4.69, 9.17) is 16.1 Å². The first-order valence-corrected chi connectivity index (χ1v) is 8.97. The van der Waals surface area contributed by atoms with Crippen LogP contribution >= 0.6 is 11.6 Å². The first-order valence-electron chi connectivity index (χ1n) is 8.59. The lowest BCUT2D eigenvalue weighted by atomic mass is 10.2. The summed E-state index contributed by atoms with van der Waals surface area (Å²) in [5.74, 6) is 1.96. The predicted octanol–water partition coefficient (Wildman–Crippen LogP) is 3.48. The van der Waals surface area contributed by atoms with Crippen LogP contribution in [0.1, 0.15) is 31.7 Å². The van der Waals surface area contributed by atoms with E-state index >= 15 is 0 Å². The smallest absolute Gasteiger partial charge is 0.249 e. The second kappa shape index (κ2) is 7.32. The van der Waals surface area contributed by atoms with Gasteiger partial charge in [0.25, 0.3) is 0 Å². The van der Waals surface area contributed by atoms with Crippen LogP contribution in [0.5, 0.6) is 0 Å². The fraction of sp³-hybridized carbons (Fsp3) is 0.278. The third-order valence-corrected chi connectivity index (χ3v) is 4.50. The summed E-state index contributed by atoms with van der Waals surface area (Å²) >= 11 is 5.90. The number of nitrogens with zero attached hydrogens (tertiary/aromatic N) is 5. The van der Waals surface area contributed by atoms with Gasteiger partial charge in [0, 0.05) is 29.7 Å². The van der Waals surface area contributed by atoms with Gasteiger partial charge in [0.2, 0.25) is 23.6 Å². The van der Waals surface area contributed by atoms with Crippen molar-refractivity contribution in [2.24, 2.45) is 0 Å². The fourth-order valence-corrected chi connectivity index (χ4v) is 2.97. The zero-order chi connectivity index (χ0) is 18.8. The Bertz CT molecular complexity index is 958. The van der Waals surface area contributed by atoms with E-state index in [-0.39, 0.29) is 11.9 Å². The Morgan fingerprint density at radius 2 is 2.04 bits per heavy atom. The fourth-order valence-electron chi connectivity index (χ4n) is 2.84. The Morgan fingerprint density at radius 1 is 1.22 bits per heavy atom. The third kappa shape index (κ3) is 3.75. The zero-order valence-corrected chi connectivity index (χ0v) is 15.3. The summed E-state index contributed by atoms with van der Waals surface area (Å²) in [6.07, 6.45) is 3.02. The monoisotopic (exact) mass is 384 g/mol. The molecule has 0 aliphatic carbocycles. The lowest BCUT2D eigenvalue weighted by molar-refractivity contribution is -0.117. The summed E-state index contributed by atoms with van der Waals surface area (Å²) < 4.78 is 5.35. The van der Waals surface area contributed by atoms with Crippen LogP contribution in [0.4, 0.5) is 11.8 Å². The molecule has 1 aromatic carbocycles. The van der Waals surface area contributed by atoms with Crippen LogP contribution in [0.3, 0.4) is 0 Å². The van der Waals surface area contributed by atoms with Gasteiger partial charge in [-0.2, -0.15) is 9.97 Å². The molecule has 1 amide bonds. The first kappa shape index (κ1) is 17.4. The molecule has 1 N–H and O–H groups in total. The van der Waals surface area contributed by atoms with Crippen molar-refractivity contribution in [2.45, 2.75) is 25.8 Å². The minimum Gasteiger partial charge on any atom is -0.343 e. The number of carbonyl (C=O) groups excluding carboxylic acids is 1. The normalized spacial score (nSPS) is 15.2. The molecule has 27 heavy (non-hydrogen) atoms. The molecule has 3 aromatic rings. The van der Waals surface area contributed by atoms with Crippen molar-refractivity contribution >= 4 is 29.3 Å². The van der Waals surface area contributed by atoms with Crippen LogP contribution in [0, 0.1) is 0 Å². The number of aromatic nitrogens is 4. The van der Waals surface area contributed by atoms with Crippen LogP contribution in [-0.2, 0) is 4.79 Å². The highest BCUT2D eigenvalue weighted by Gasteiger charge is 2.23. The lowest BCUT2D eigenvalue weighted by Crippen LogP contribution is -2.25. The average molecular weight is 385 g/mol. The van der Waals surface area contributed by atoms with Gasteiger partial charge in [-0.3, -0.25) is 9.69 Å². The van der Waals surface area contributed by atoms with Crippen molar-refractivity contribution in [3.05, 3.63) is 47.4 Å². The SMILES string of the molecule is C[C@H](Nc1nccc(N2CCCC2=O)n1)c1nc(-c2ccc(Cl)cc2)no1. The lowest BCUT2D eigenvalue weighted by Gasteiger charge is -2.16. The van der Waals surface area contributed by atoms with Crippen LogP contribution in [-0.4, -0.2) is 32.6 Å². The van der Waals surface area contributed by atoms with E-state index in [2.05, 4.69) is 25.4 Å². The molecule has 0 saturated carbocycles. The van der Waals surface area contributed by atoms with E-state index in [0.717, 1.165) is 12.0 Å². The van der Waals surface area contributed by atoms with Gasteiger partial charge in [0.1, 0.15) is 11.9 Å². The maximum absolute atomic E-state index is 11.9. The molecule has 138 valence electrons. The Morgan fingerprint density at radius 3 is 2.78 bits per heavy atom. The molecule has 8 nitrogen and oxygen atoms in total. The Balaban J connectivity index is 1.49. The number of carbonyl (C=O) groups is 1. The summed E-state index contributed by atoms with van der Waals surface area (Å²) in [5.41, 5.74) is 0.812. The Labute approximate surface area is 160 Å². The molecule has 0 bridgehead atoms. The van der Waals surface area contributed by atoms with Gasteiger partial charge in [0.05, 0.1) is 0 Å². The number of halogens is 1. The molecule has 1 aliphatic heterocycles. The molecule has 0 radical (unpaired) electrons. The molecule has 0 unspecified atom stereocenters. The van der Waals surface area contributed by atoms with Crippen LogP contribution < -0.4 is 10.2 Å². The number of rotatable bonds is 5. The number of hydrogen-bond donors (Lipinski definition) is 1. The van der Waals surface area contributed by atoms with E-state index < -0.39 is 0 Å². The number of amides is 1. The average Bonchev–Trinajstić information content (AvgIpc) is 3.32. The zero-order valence-electron chi connectivity index (χ0n) is 14.6. The van der Waals surface area contributed by atoms with Gasteiger partial charge in [-0.1, -0.05) is 16.8 Å². The van der Waals surface area contributed by atoms with Crippen LogP contribution in [0.15, 0.2) is 41.1 Å². The standard InChI is InChI=1S/C18H17ClN6O2/c1-11(17-23-16(24-27-17)12-4-6-13(19)7-5-12)21-18-20-9-8-14(22-18)25-10-2-3-15(25)26/h4-9,11H,2-3,10H2,1H3,(H,20,21,22)/t11-/m0/s1. The molecule has 2 aromatic heterocycles. The molecule has 1 atom stereocenters. The summed E-state index contributed by atoms with van der Waals surface area (Å²) in [6, 6.07) is 8.62. The topological polar surface area (TPSA) is 97.0 Å². The minimum atomic E-state index is -0.303. The van der Waals surface area contributed by atoms with Crippen molar-refractivity contribution in [3.8, 4) is 11.4 Å². The van der Waals surface area contributed by atoms with Crippen molar-refractivity contribution in [2.75, 3.05) is 16.8 Å². The molecule has 0 spiro atoms. The van der Waals surface area contributed by atoms with E-state index in [9.17, 15) is 4.79 Å². The van der Waals surface area contributed by atoms with Gasteiger partial charge in [-0.05, 0) is 43.7 Å². The van der Waals surface area contributed by atoms with Crippen LogP contribution in [0.2, 0.25) is 5.02 Å². The van der Waals surface area contributed by atoms with Gasteiger partial charge < -0.3 is 9.84 Å². The number of hydrogen-bond acceptors (Lipinski definition) is 7. The van der Waals surface area contributed by atoms with Crippen LogP contribution in [0.25, 0.3) is 11.4 Å². The number of anilines is 2. The molecule has 1 aliphatic rings. The number of benzene rings is 1. The van der Waals surface area contributed by atoms with Crippen molar-refractivity contribution in [1.29, 1.82) is 0 Å². The second-order valence-electron chi connectivity index (χ2n) is 6.22. The van der Waals surface area contributed by atoms with E-state index in [1.54, 1.807) is 29.3 Å². The maximum Gasteiger partial charge on any atom is 0.249 e. The summed E-state index contributed by atoms with van der Waals surface area (Å²) in [7, 11) is 0. The minimum absolute atomic E-state index is 0.0807.